The molecule has 0 saturated carbocycles. The van der Waals surface area contributed by atoms with Gasteiger partial charge < -0.3 is 9.47 Å². The summed E-state index contributed by atoms with van der Waals surface area (Å²) >= 11 is 0. The molecule has 0 aromatic heterocycles. The zero-order valence-corrected chi connectivity index (χ0v) is 9.42. The van der Waals surface area contributed by atoms with Gasteiger partial charge in [0.15, 0.2) is 11.9 Å². The molecule has 0 N–H and O–H groups in total. The van der Waals surface area contributed by atoms with Gasteiger partial charge in [0.25, 0.3) is 0 Å². The Morgan fingerprint density at radius 3 is 2.07 bits per heavy atom. The van der Waals surface area contributed by atoms with Gasteiger partial charge in [-0.15, -0.1) is 0 Å². The summed E-state index contributed by atoms with van der Waals surface area (Å²) < 4.78 is 9.39. The Labute approximate surface area is 96.5 Å². The average Bonchev–Trinajstić information content (AvgIpc) is 1.81. The molecule has 76 valence electrons. The largest absolute Gasteiger partial charge is 1.00 e. The van der Waals surface area contributed by atoms with Gasteiger partial charge in [-0.1, -0.05) is 0 Å². The summed E-state index contributed by atoms with van der Waals surface area (Å²) in [5.41, 5.74) is -0.583. The van der Waals surface area contributed by atoms with Crippen molar-refractivity contribution in [3.63, 3.8) is 0 Å². The molecule has 0 spiro atoms. The number of ether oxygens (including phenoxy) is 2. The Hall–Kier alpha value is -0.593. The van der Waals surface area contributed by atoms with Crippen LogP contribution >= 0.6 is 0 Å². The van der Waals surface area contributed by atoms with E-state index in [1.807, 2.05) is 0 Å². The molecular formula is C9H15LiO4. The molecule has 0 radical (unpaired) electrons. The Morgan fingerprint density at radius 2 is 1.71 bits per heavy atom. The maximum atomic E-state index is 11.0. The van der Waals surface area contributed by atoms with Crippen LogP contribution in [0.4, 0.5) is 0 Å². The molecule has 0 aliphatic rings. The van der Waals surface area contributed by atoms with E-state index in [0.717, 1.165) is 6.42 Å². The van der Waals surface area contributed by atoms with E-state index in [2.05, 4.69) is 4.74 Å². The second kappa shape index (κ2) is 6.80. The summed E-state index contributed by atoms with van der Waals surface area (Å²) in [6.07, 6.45) is 0.800. The monoisotopic (exact) mass is 194 g/mol. The van der Waals surface area contributed by atoms with Crippen LogP contribution in [0.3, 0.4) is 0 Å². The number of esters is 2. The molecule has 0 fully saturated rings. The van der Waals surface area contributed by atoms with Gasteiger partial charge in [0, 0.05) is 0 Å². The maximum Gasteiger partial charge on any atom is 1.00 e. The fourth-order valence-electron chi connectivity index (χ4n) is 0.611. The second-order valence-corrected chi connectivity index (χ2v) is 3.43. The van der Waals surface area contributed by atoms with Crippen LogP contribution in [0.5, 0.6) is 0 Å². The molecule has 0 aromatic carbocycles. The average molecular weight is 194 g/mol. The van der Waals surface area contributed by atoms with Crippen molar-refractivity contribution < 1.29 is 37.9 Å². The molecule has 0 atom stereocenters. The van der Waals surface area contributed by atoms with Crippen molar-refractivity contribution in [1.29, 1.82) is 0 Å². The molecule has 0 aromatic rings. The minimum absolute atomic E-state index is 0. The van der Waals surface area contributed by atoms with E-state index in [1.165, 1.54) is 0 Å². The van der Waals surface area contributed by atoms with Crippen molar-refractivity contribution in [2.24, 2.45) is 0 Å². The Balaban J connectivity index is 0. The van der Waals surface area contributed by atoms with Crippen LogP contribution in [-0.4, -0.2) is 24.1 Å². The van der Waals surface area contributed by atoms with Crippen LogP contribution in [0, 0.1) is 6.42 Å². The van der Waals surface area contributed by atoms with Crippen LogP contribution in [-0.2, 0) is 19.1 Å². The van der Waals surface area contributed by atoms with Crippen LogP contribution in [0.15, 0.2) is 0 Å². The van der Waals surface area contributed by atoms with Gasteiger partial charge in [-0.2, -0.15) is 6.42 Å². The third kappa shape index (κ3) is 9.50. The van der Waals surface area contributed by atoms with E-state index in [9.17, 15) is 9.59 Å². The van der Waals surface area contributed by atoms with Gasteiger partial charge in [-0.25, -0.2) is 0 Å². The van der Waals surface area contributed by atoms with E-state index >= 15 is 0 Å². The number of hydrogen-bond donors (Lipinski definition) is 0. The van der Waals surface area contributed by atoms with Crippen molar-refractivity contribution >= 4 is 11.9 Å². The molecule has 0 aliphatic heterocycles. The predicted molar refractivity (Wildman–Crippen MR) is 46.8 cm³/mol. The van der Waals surface area contributed by atoms with Gasteiger partial charge >= 0.3 is 18.9 Å². The number of carbonyl (C=O) groups is 2. The summed E-state index contributed by atoms with van der Waals surface area (Å²) in [7, 11) is 0. The molecule has 0 rings (SSSR count). The molecule has 0 heterocycles. The van der Waals surface area contributed by atoms with E-state index in [0.29, 0.717) is 0 Å². The Morgan fingerprint density at radius 1 is 1.21 bits per heavy atom. The molecule has 0 unspecified atom stereocenters. The molecule has 0 bridgehead atoms. The number of rotatable bonds is 3. The fraction of sp³-hybridized carbons (Fsp3) is 0.667. The first-order chi connectivity index (χ1) is 5.85. The topological polar surface area (TPSA) is 52.6 Å². The smallest absolute Gasteiger partial charge is 0.488 e. The molecule has 5 heteroatoms. The minimum atomic E-state index is -0.675. The van der Waals surface area contributed by atoms with Gasteiger partial charge in [0.2, 0.25) is 0 Å². The summed E-state index contributed by atoms with van der Waals surface area (Å²) in [6.45, 7) is 7.09. The molecular weight excluding hydrogens is 179 g/mol. The maximum absolute atomic E-state index is 11.0. The SMILES string of the molecule is CCOC(=O)[CH-]C(=O)OC(C)(C)C.[Li+]. The van der Waals surface area contributed by atoms with Crippen LogP contribution in [0.1, 0.15) is 27.7 Å². The number of hydrogen-bond acceptors (Lipinski definition) is 4. The van der Waals surface area contributed by atoms with E-state index < -0.39 is 17.5 Å². The summed E-state index contributed by atoms with van der Waals surface area (Å²) in [6, 6.07) is 0. The van der Waals surface area contributed by atoms with Crippen molar-refractivity contribution in [2.45, 2.75) is 33.3 Å². The van der Waals surface area contributed by atoms with Gasteiger partial charge in [-0.3, -0.25) is 9.59 Å². The van der Waals surface area contributed by atoms with Gasteiger partial charge in [0.1, 0.15) is 5.60 Å². The fourth-order valence-corrected chi connectivity index (χ4v) is 0.611. The van der Waals surface area contributed by atoms with E-state index in [1.54, 1.807) is 27.7 Å². The first-order valence-electron chi connectivity index (χ1n) is 4.09. The van der Waals surface area contributed by atoms with E-state index in [4.69, 9.17) is 4.74 Å². The first kappa shape index (κ1) is 15.9. The number of carbonyl (C=O) groups excluding carboxylic acids is 2. The third-order valence-electron chi connectivity index (χ3n) is 0.929. The molecule has 0 saturated heterocycles. The van der Waals surface area contributed by atoms with Crippen molar-refractivity contribution in [1.82, 2.24) is 0 Å². The van der Waals surface area contributed by atoms with Crippen LogP contribution < -0.4 is 18.9 Å². The molecule has 4 nitrogen and oxygen atoms in total. The molecule has 0 aliphatic carbocycles. The van der Waals surface area contributed by atoms with E-state index in [-0.39, 0.29) is 25.5 Å². The van der Waals surface area contributed by atoms with Crippen molar-refractivity contribution in [3.8, 4) is 0 Å². The standard InChI is InChI=1S/C9H15O4.Li/c1-5-12-7(10)6-8(11)13-9(2,3)4;/h6H,5H2,1-4H3;/q-1;+1. The predicted octanol–water partition coefficient (Wildman–Crippen LogP) is -1.90. The zero-order chi connectivity index (χ0) is 10.5. The second-order valence-electron chi connectivity index (χ2n) is 3.43. The zero-order valence-electron chi connectivity index (χ0n) is 9.42. The van der Waals surface area contributed by atoms with Crippen LogP contribution in [0.25, 0.3) is 0 Å². The van der Waals surface area contributed by atoms with Gasteiger partial charge in [-0.05, 0) is 27.7 Å². The van der Waals surface area contributed by atoms with Crippen LogP contribution in [0.2, 0.25) is 0 Å². The third-order valence-corrected chi connectivity index (χ3v) is 0.929. The molecule has 14 heavy (non-hydrogen) atoms. The minimum Gasteiger partial charge on any atom is -0.488 e. The van der Waals surface area contributed by atoms with Gasteiger partial charge in [0.05, 0.1) is 6.61 Å². The van der Waals surface area contributed by atoms with Crippen molar-refractivity contribution in [2.75, 3.05) is 6.61 Å². The Kier molecular flexibility index (Phi) is 7.71. The molecule has 0 amide bonds. The normalized spacial score (nSPS) is 9.71. The summed E-state index contributed by atoms with van der Waals surface area (Å²) in [4.78, 5) is 21.7. The Bertz CT molecular complexity index is 195. The summed E-state index contributed by atoms with van der Waals surface area (Å²) in [5.74, 6) is -1.34. The quantitative estimate of drug-likeness (QED) is 0.228. The first-order valence-corrected chi connectivity index (χ1v) is 4.09. The van der Waals surface area contributed by atoms with Crippen molar-refractivity contribution in [3.05, 3.63) is 6.42 Å². The summed E-state index contributed by atoms with van der Waals surface area (Å²) in [5, 5.41) is 0.